The van der Waals surface area contributed by atoms with Gasteiger partial charge >= 0.3 is 5.97 Å². The van der Waals surface area contributed by atoms with Crippen molar-refractivity contribution in [2.75, 3.05) is 33.8 Å². The normalized spacial score (nSPS) is 21.9. The number of methoxy groups -OCH3 is 1. The summed E-state index contributed by atoms with van der Waals surface area (Å²) in [4.78, 5) is 15.8. The first-order valence-electron chi connectivity index (χ1n) is 5.58. The fourth-order valence-electron chi connectivity index (χ4n) is 1.66. The molecule has 0 aromatic carbocycles. The van der Waals surface area contributed by atoms with E-state index in [0.29, 0.717) is 6.04 Å². The van der Waals surface area contributed by atoms with Gasteiger partial charge in [-0.25, -0.2) is 0 Å². The molecule has 88 valence electrons. The maximum atomic E-state index is 11.3. The Hall–Kier alpha value is -0.610. The van der Waals surface area contributed by atoms with Crippen LogP contribution in [0.15, 0.2) is 0 Å². The van der Waals surface area contributed by atoms with Crippen LogP contribution in [0.3, 0.4) is 0 Å². The first-order valence-corrected chi connectivity index (χ1v) is 5.58. The second-order valence-corrected chi connectivity index (χ2v) is 4.44. The van der Waals surface area contributed by atoms with Crippen LogP contribution in [-0.4, -0.2) is 61.6 Å². The summed E-state index contributed by atoms with van der Waals surface area (Å²) in [7, 11) is 3.57. The number of likely N-dealkylation sites (N-methyl/N-ethyl adjacent to an activating group) is 1. The van der Waals surface area contributed by atoms with Gasteiger partial charge in [-0.3, -0.25) is 9.69 Å². The molecule has 0 radical (unpaired) electrons. The number of rotatable bonds is 5. The van der Waals surface area contributed by atoms with Gasteiger partial charge in [-0.15, -0.1) is 0 Å². The zero-order chi connectivity index (χ0) is 11.4. The molecule has 0 spiro atoms. The fourth-order valence-corrected chi connectivity index (χ4v) is 1.66. The molecule has 0 amide bonds. The number of nitrogens with zero attached hydrogens (tertiary/aromatic N) is 2. The number of hydrogen-bond donors (Lipinski definition) is 0. The van der Waals surface area contributed by atoms with Gasteiger partial charge in [0.05, 0.1) is 7.11 Å². The summed E-state index contributed by atoms with van der Waals surface area (Å²) in [5.41, 5.74) is 0. The maximum absolute atomic E-state index is 11.3. The second kappa shape index (κ2) is 5.47. The Morgan fingerprint density at radius 2 is 2.27 bits per heavy atom. The van der Waals surface area contributed by atoms with Gasteiger partial charge in [0.2, 0.25) is 0 Å². The number of esters is 1. The molecule has 1 heterocycles. The highest BCUT2D eigenvalue weighted by atomic mass is 16.5. The van der Waals surface area contributed by atoms with Crippen molar-refractivity contribution in [3.05, 3.63) is 0 Å². The van der Waals surface area contributed by atoms with E-state index >= 15 is 0 Å². The predicted molar refractivity (Wildman–Crippen MR) is 59.8 cm³/mol. The van der Waals surface area contributed by atoms with Crippen LogP contribution in [0.25, 0.3) is 0 Å². The Morgan fingerprint density at radius 1 is 1.60 bits per heavy atom. The molecule has 1 atom stereocenters. The van der Waals surface area contributed by atoms with E-state index < -0.39 is 0 Å². The lowest BCUT2D eigenvalue weighted by Gasteiger charge is -2.39. The van der Waals surface area contributed by atoms with Crippen LogP contribution < -0.4 is 0 Å². The Bertz CT molecular complexity index is 219. The highest BCUT2D eigenvalue weighted by molar-refractivity contribution is 5.76. The molecular formula is C11H22N2O2. The Kier molecular flexibility index (Phi) is 4.54. The van der Waals surface area contributed by atoms with Gasteiger partial charge in [-0.05, 0) is 27.3 Å². The van der Waals surface area contributed by atoms with E-state index in [1.54, 1.807) is 0 Å². The molecule has 4 heteroatoms. The fraction of sp³-hybridized carbons (Fsp3) is 0.909. The molecule has 1 aliphatic rings. The van der Waals surface area contributed by atoms with Crippen LogP contribution in [0.4, 0.5) is 0 Å². The smallest absolute Gasteiger partial charge is 0.323 e. The summed E-state index contributed by atoms with van der Waals surface area (Å²) >= 11 is 0. The van der Waals surface area contributed by atoms with E-state index in [4.69, 9.17) is 4.74 Å². The topological polar surface area (TPSA) is 32.8 Å². The molecule has 0 aromatic heterocycles. The molecule has 4 nitrogen and oxygen atoms in total. The molecule has 0 bridgehead atoms. The third kappa shape index (κ3) is 3.18. The van der Waals surface area contributed by atoms with Crippen molar-refractivity contribution in [1.29, 1.82) is 0 Å². The van der Waals surface area contributed by atoms with Crippen molar-refractivity contribution in [2.24, 2.45) is 0 Å². The van der Waals surface area contributed by atoms with Crippen LogP contribution in [0.1, 0.15) is 20.3 Å². The average molecular weight is 214 g/mol. The number of likely N-dealkylation sites (tertiary alicyclic amines) is 1. The third-order valence-corrected chi connectivity index (χ3v) is 3.23. The quantitative estimate of drug-likeness (QED) is 0.627. The number of ether oxygens (including phenoxy) is 1. The molecule has 0 aromatic rings. The molecular weight excluding hydrogens is 192 g/mol. The van der Waals surface area contributed by atoms with Gasteiger partial charge in [0.15, 0.2) is 0 Å². The summed E-state index contributed by atoms with van der Waals surface area (Å²) in [5, 5.41) is 0. The van der Waals surface area contributed by atoms with Gasteiger partial charge in [-0.2, -0.15) is 0 Å². The first kappa shape index (κ1) is 12.5. The third-order valence-electron chi connectivity index (χ3n) is 3.23. The van der Waals surface area contributed by atoms with Crippen molar-refractivity contribution in [1.82, 2.24) is 9.80 Å². The van der Waals surface area contributed by atoms with E-state index in [0.717, 1.165) is 26.1 Å². The van der Waals surface area contributed by atoms with E-state index in [9.17, 15) is 4.79 Å². The summed E-state index contributed by atoms with van der Waals surface area (Å²) < 4.78 is 4.74. The largest absolute Gasteiger partial charge is 0.468 e. The Balaban J connectivity index is 2.25. The molecule has 0 saturated carbocycles. The lowest BCUT2D eigenvalue weighted by molar-refractivity contribution is -0.152. The van der Waals surface area contributed by atoms with Gasteiger partial charge < -0.3 is 9.64 Å². The van der Waals surface area contributed by atoms with Crippen LogP contribution in [0.2, 0.25) is 0 Å². The summed E-state index contributed by atoms with van der Waals surface area (Å²) in [6.07, 6.45) is 0.943. The predicted octanol–water partition coefficient (Wildman–Crippen LogP) is 0.574. The molecule has 1 unspecified atom stereocenters. The first-order chi connectivity index (χ1) is 7.06. The van der Waals surface area contributed by atoms with Crippen molar-refractivity contribution < 1.29 is 9.53 Å². The molecule has 1 fully saturated rings. The minimum Gasteiger partial charge on any atom is -0.468 e. The number of hydrogen-bond acceptors (Lipinski definition) is 4. The van der Waals surface area contributed by atoms with E-state index in [-0.39, 0.29) is 12.0 Å². The molecule has 1 aliphatic heterocycles. The minimum absolute atomic E-state index is 0.00978. The molecule has 0 aliphatic carbocycles. The summed E-state index contributed by atoms with van der Waals surface area (Å²) in [5.74, 6) is -0.0894. The lowest BCUT2D eigenvalue weighted by Crippen LogP contribution is -2.54. The number of carbonyl (C=O) groups excluding carboxylic acids is 1. The van der Waals surface area contributed by atoms with Gasteiger partial charge in [0.1, 0.15) is 6.04 Å². The van der Waals surface area contributed by atoms with Crippen LogP contribution in [-0.2, 0) is 9.53 Å². The van der Waals surface area contributed by atoms with Crippen molar-refractivity contribution in [3.63, 3.8) is 0 Å². The molecule has 0 N–H and O–H groups in total. The van der Waals surface area contributed by atoms with Crippen molar-refractivity contribution in [3.8, 4) is 0 Å². The molecule has 1 saturated heterocycles. The maximum Gasteiger partial charge on any atom is 0.323 e. The molecule has 1 rings (SSSR count). The zero-order valence-electron chi connectivity index (χ0n) is 10.2. The monoisotopic (exact) mass is 214 g/mol. The average Bonchev–Trinajstić information content (AvgIpc) is 2.15. The Labute approximate surface area is 92.2 Å². The standard InChI is InChI=1S/C11H22N2O2/c1-9(2)12(3)7-8-13-6-5-10(13)11(14)15-4/h9-10H,5-8H2,1-4H3. The highest BCUT2D eigenvalue weighted by Gasteiger charge is 2.34. The second-order valence-electron chi connectivity index (χ2n) is 4.44. The van der Waals surface area contributed by atoms with Gasteiger partial charge in [-0.1, -0.05) is 0 Å². The van der Waals surface area contributed by atoms with E-state index in [2.05, 4.69) is 30.7 Å². The van der Waals surface area contributed by atoms with Gasteiger partial charge in [0, 0.05) is 25.7 Å². The van der Waals surface area contributed by atoms with Gasteiger partial charge in [0.25, 0.3) is 0 Å². The minimum atomic E-state index is -0.0894. The summed E-state index contributed by atoms with van der Waals surface area (Å²) in [6, 6.07) is 0.568. The highest BCUT2D eigenvalue weighted by Crippen LogP contribution is 2.17. The van der Waals surface area contributed by atoms with Crippen molar-refractivity contribution >= 4 is 5.97 Å². The SMILES string of the molecule is COC(=O)C1CCN1CCN(C)C(C)C. The van der Waals surface area contributed by atoms with Crippen LogP contribution in [0, 0.1) is 0 Å². The lowest BCUT2D eigenvalue weighted by atomic mass is 10.0. The zero-order valence-corrected chi connectivity index (χ0v) is 10.2. The molecule has 15 heavy (non-hydrogen) atoms. The Morgan fingerprint density at radius 3 is 2.67 bits per heavy atom. The van der Waals surface area contributed by atoms with Crippen molar-refractivity contribution in [2.45, 2.75) is 32.4 Å². The number of carbonyl (C=O) groups is 1. The van der Waals surface area contributed by atoms with E-state index in [1.165, 1.54) is 7.11 Å². The van der Waals surface area contributed by atoms with E-state index in [1.807, 2.05) is 0 Å². The van der Waals surface area contributed by atoms with Crippen LogP contribution in [0.5, 0.6) is 0 Å². The summed E-state index contributed by atoms with van der Waals surface area (Å²) in [6.45, 7) is 7.33. The van der Waals surface area contributed by atoms with Crippen LogP contribution >= 0.6 is 0 Å².